The summed E-state index contributed by atoms with van der Waals surface area (Å²) in [5.74, 6) is -0.375. The fraction of sp³-hybridized carbons (Fsp3) is 0.538. The molecule has 6 nitrogen and oxygen atoms in total. The Morgan fingerprint density at radius 2 is 2.16 bits per heavy atom. The SMILES string of the molecule is O=C(CN1CCC(CO)CC1)NC(=O)c1ccco1. The first-order valence-electron chi connectivity index (χ1n) is 6.40. The van der Waals surface area contributed by atoms with E-state index in [1.54, 1.807) is 6.07 Å². The van der Waals surface area contributed by atoms with Crippen LogP contribution < -0.4 is 5.32 Å². The highest BCUT2D eigenvalue weighted by Crippen LogP contribution is 2.15. The van der Waals surface area contributed by atoms with Crippen molar-refractivity contribution in [3.8, 4) is 0 Å². The Bertz CT molecular complexity index is 422. The molecule has 2 rings (SSSR count). The number of aliphatic hydroxyl groups is 1. The minimum Gasteiger partial charge on any atom is -0.459 e. The van der Waals surface area contributed by atoms with Crippen molar-refractivity contribution in [2.45, 2.75) is 12.8 Å². The minimum absolute atomic E-state index is 0.132. The zero-order valence-electron chi connectivity index (χ0n) is 10.7. The Labute approximate surface area is 111 Å². The Balaban J connectivity index is 1.74. The maximum Gasteiger partial charge on any atom is 0.293 e. The molecule has 1 aromatic heterocycles. The molecule has 2 heterocycles. The highest BCUT2D eigenvalue weighted by Gasteiger charge is 2.21. The Kier molecular flexibility index (Phi) is 4.70. The fourth-order valence-corrected chi connectivity index (χ4v) is 2.17. The quantitative estimate of drug-likeness (QED) is 0.815. The summed E-state index contributed by atoms with van der Waals surface area (Å²) < 4.78 is 4.91. The van der Waals surface area contributed by atoms with Gasteiger partial charge in [0, 0.05) is 6.61 Å². The number of hydrogen-bond acceptors (Lipinski definition) is 5. The summed E-state index contributed by atoms with van der Waals surface area (Å²) in [5.41, 5.74) is 0. The van der Waals surface area contributed by atoms with Crippen molar-refractivity contribution in [3.05, 3.63) is 24.2 Å². The lowest BCUT2D eigenvalue weighted by molar-refractivity contribution is -0.121. The second-order valence-corrected chi connectivity index (χ2v) is 4.76. The van der Waals surface area contributed by atoms with Crippen molar-refractivity contribution in [1.82, 2.24) is 10.2 Å². The lowest BCUT2D eigenvalue weighted by atomic mass is 9.98. The van der Waals surface area contributed by atoms with Gasteiger partial charge in [-0.1, -0.05) is 0 Å². The van der Waals surface area contributed by atoms with E-state index in [1.807, 2.05) is 4.90 Å². The van der Waals surface area contributed by atoms with Crippen LogP contribution in [0.2, 0.25) is 0 Å². The number of piperidine rings is 1. The molecular weight excluding hydrogens is 248 g/mol. The third-order valence-corrected chi connectivity index (χ3v) is 3.33. The number of rotatable bonds is 4. The van der Waals surface area contributed by atoms with Crippen LogP contribution in [0.25, 0.3) is 0 Å². The molecule has 2 amide bonds. The number of aliphatic hydroxyl groups excluding tert-OH is 1. The lowest BCUT2D eigenvalue weighted by Gasteiger charge is -2.30. The maximum absolute atomic E-state index is 11.7. The molecule has 1 fully saturated rings. The Morgan fingerprint density at radius 3 is 2.74 bits per heavy atom. The van der Waals surface area contributed by atoms with Gasteiger partial charge in [-0.3, -0.25) is 19.8 Å². The van der Waals surface area contributed by atoms with E-state index in [9.17, 15) is 9.59 Å². The topological polar surface area (TPSA) is 82.8 Å². The Morgan fingerprint density at radius 1 is 1.42 bits per heavy atom. The highest BCUT2D eigenvalue weighted by molar-refractivity contribution is 6.03. The van der Waals surface area contributed by atoms with Gasteiger partial charge in [-0.2, -0.15) is 0 Å². The average Bonchev–Trinajstić information content (AvgIpc) is 2.93. The van der Waals surface area contributed by atoms with Crippen molar-refractivity contribution in [2.24, 2.45) is 5.92 Å². The standard InChI is InChI=1S/C13H18N2O4/c16-9-10-3-5-15(6-4-10)8-12(17)14-13(18)11-2-1-7-19-11/h1-2,7,10,16H,3-6,8-9H2,(H,14,17,18). The van der Waals surface area contributed by atoms with Gasteiger partial charge in [-0.15, -0.1) is 0 Å². The van der Waals surface area contributed by atoms with E-state index in [4.69, 9.17) is 9.52 Å². The normalized spacial score (nSPS) is 17.3. The van der Waals surface area contributed by atoms with Crippen molar-refractivity contribution in [1.29, 1.82) is 0 Å². The van der Waals surface area contributed by atoms with E-state index >= 15 is 0 Å². The van der Waals surface area contributed by atoms with E-state index in [-0.39, 0.29) is 24.8 Å². The molecule has 1 aliphatic rings. The molecule has 0 saturated carbocycles. The van der Waals surface area contributed by atoms with Crippen LogP contribution in [-0.4, -0.2) is 48.1 Å². The summed E-state index contributed by atoms with van der Waals surface area (Å²) in [5, 5.41) is 11.3. The molecule has 1 aromatic rings. The maximum atomic E-state index is 11.7. The van der Waals surface area contributed by atoms with Crippen LogP contribution in [-0.2, 0) is 4.79 Å². The molecule has 0 spiro atoms. The zero-order valence-corrected chi connectivity index (χ0v) is 10.7. The van der Waals surface area contributed by atoms with Crippen molar-refractivity contribution in [2.75, 3.05) is 26.2 Å². The predicted molar refractivity (Wildman–Crippen MR) is 67.4 cm³/mol. The fourth-order valence-electron chi connectivity index (χ4n) is 2.17. The van der Waals surface area contributed by atoms with Gasteiger partial charge in [0.15, 0.2) is 5.76 Å². The van der Waals surface area contributed by atoms with Gasteiger partial charge in [0.05, 0.1) is 12.8 Å². The van der Waals surface area contributed by atoms with Crippen LogP contribution in [0.1, 0.15) is 23.4 Å². The summed E-state index contributed by atoms with van der Waals surface area (Å²) in [6.45, 7) is 1.95. The zero-order chi connectivity index (χ0) is 13.7. The van der Waals surface area contributed by atoms with Gasteiger partial charge < -0.3 is 9.52 Å². The van der Waals surface area contributed by atoms with Crippen molar-refractivity contribution < 1.29 is 19.1 Å². The predicted octanol–water partition coefficient (Wildman–Crippen LogP) is 0.240. The van der Waals surface area contributed by atoms with Gasteiger partial charge in [-0.05, 0) is 44.0 Å². The average molecular weight is 266 g/mol. The number of hydrogen-bond donors (Lipinski definition) is 2. The number of carbonyl (C=O) groups is 2. The number of nitrogens with one attached hydrogen (secondary N) is 1. The molecule has 0 aliphatic carbocycles. The van der Waals surface area contributed by atoms with Gasteiger partial charge in [-0.25, -0.2) is 0 Å². The van der Waals surface area contributed by atoms with Gasteiger partial charge >= 0.3 is 0 Å². The number of nitrogens with zero attached hydrogens (tertiary/aromatic N) is 1. The van der Waals surface area contributed by atoms with Gasteiger partial charge in [0.2, 0.25) is 5.91 Å². The third kappa shape index (κ3) is 3.90. The molecule has 0 radical (unpaired) electrons. The largest absolute Gasteiger partial charge is 0.459 e. The van der Waals surface area contributed by atoms with E-state index in [2.05, 4.69) is 5.32 Å². The highest BCUT2D eigenvalue weighted by atomic mass is 16.3. The first-order valence-corrected chi connectivity index (χ1v) is 6.40. The van der Waals surface area contributed by atoms with Crippen molar-refractivity contribution in [3.63, 3.8) is 0 Å². The molecule has 0 unspecified atom stereocenters. The monoisotopic (exact) mass is 266 g/mol. The molecule has 19 heavy (non-hydrogen) atoms. The molecule has 2 N–H and O–H groups in total. The molecule has 1 saturated heterocycles. The van der Waals surface area contributed by atoms with Crippen LogP contribution in [0.15, 0.2) is 22.8 Å². The first-order chi connectivity index (χ1) is 9.19. The van der Waals surface area contributed by atoms with E-state index in [1.165, 1.54) is 12.3 Å². The number of furan rings is 1. The summed E-state index contributed by atoms with van der Waals surface area (Å²) in [7, 11) is 0. The van der Waals surface area contributed by atoms with Crippen molar-refractivity contribution >= 4 is 11.8 Å². The van der Waals surface area contributed by atoms with E-state index < -0.39 is 5.91 Å². The van der Waals surface area contributed by atoms with Crippen LogP contribution in [0.5, 0.6) is 0 Å². The van der Waals surface area contributed by atoms with E-state index in [0.717, 1.165) is 25.9 Å². The lowest BCUT2D eigenvalue weighted by Crippen LogP contribution is -2.43. The number of imide groups is 1. The molecular formula is C13H18N2O4. The summed E-state index contributed by atoms with van der Waals surface area (Å²) >= 11 is 0. The first kappa shape index (κ1) is 13.8. The van der Waals surface area contributed by atoms with Crippen LogP contribution in [0.4, 0.5) is 0 Å². The van der Waals surface area contributed by atoms with E-state index in [0.29, 0.717) is 5.92 Å². The van der Waals surface area contributed by atoms with Crippen LogP contribution >= 0.6 is 0 Å². The number of amides is 2. The molecule has 0 atom stereocenters. The molecule has 0 bridgehead atoms. The Hall–Kier alpha value is -1.66. The second-order valence-electron chi connectivity index (χ2n) is 4.76. The smallest absolute Gasteiger partial charge is 0.293 e. The van der Waals surface area contributed by atoms with Gasteiger partial charge in [0.25, 0.3) is 5.91 Å². The summed E-state index contributed by atoms with van der Waals surface area (Å²) in [6.07, 6.45) is 3.16. The molecule has 104 valence electrons. The molecule has 0 aromatic carbocycles. The van der Waals surface area contributed by atoms with Gasteiger partial charge in [0.1, 0.15) is 0 Å². The third-order valence-electron chi connectivity index (χ3n) is 3.33. The summed E-state index contributed by atoms with van der Waals surface area (Å²) in [6, 6.07) is 3.11. The second kappa shape index (κ2) is 6.49. The molecule has 1 aliphatic heterocycles. The number of likely N-dealkylation sites (tertiary alicyclic amines) is 1. The van der Waals surface area contributed by atoms with Crippen LogP contribution in [0.3, 0.4) is 0 Å². The summed E-state index contributed by atoms with van der Waals surface area (Å²) in [4.78, 5) is 25.3. The minimum atomic E-state index is -0.514. The van der Waals surface area contributed by atoms with Crippen LogP contribution in [0, 0.1) is 5.92 Å². The molecule has 6 heteroatoms. The number of carbonyl (C=O) groups excluding carboxylic acids is 2.